The Kier molecular flexibility index (Phi) is 8.57. The molecule has 0 bridgehead atoms. The van der Waals surface area contributed by atoms with Gasteiger partial charge in [-0.15, -0.1) is 0 Å². The molecule has 1 aromatic carbocycles. The van der Waals surface area contributed by atoms with Crippen LogP contribution in [-0.2, 0) is 4.74 Å². The number of amides is 2. The summed E-state index contributed by atoms with van der Waals surface area (Å²) in [5, 5.41) is 2.79. The number of piperidine rings is 1. The van der Waals surface area contributed by atoms with E-state index in [2.05, 4.69) is 33.6 Å². The number of aromatic nitrogens is 2. The third-order valence-corrected chi connectivity index (χ3v) is 5.57. The van der Waals surface area contributed by atoms with Crippen LogP contribution in [0.4, 0.5) is 16.2 Å². The number of ether oxygens (including phenoxy) is 2. The predicted octanol–water partition coefficient (Wildman–Crippen LogP) is 5.12. The van der Waals surface area contributed by atoms with Crippen molar-refractivity contribution in [1.29, 1.82) is 0 Å². The zero-order valence-corrected chi connectivity index (χ0v) is 20.6. The molecule has 186 valence electrons. The molecule has 2 aromatic rings. The molecular weight excluding hydrogens is 446 g/mol. The second-order valence-corrected chi connectivity index (χ2v) is 9.35. The van der Waals surface area contributed by atoms with Gasteiger partial charge in [-0.3, -0.25) is 9.79 Å². The van der Waals surface area contributed by atoms with Gasteiger partial charge < -0.3 is 19.7 Å². The van der Waals surface area contributed by atoms with Crippen molar-refractivity contribution in [3.63, 3.8) is 0 Å². The summed E-state index contributed by atoms with van der Waals surface area (Å²) in [5.74, 6) is 0.630. The maximum Gasteiger partial charge on any atom is 0.410 e. The average Bonchev–Trinajstić information content (AvgIpc) is 2.83. The van der Waals surface area contributed by atoms with Gasteiger partial charge in [-0.2, -0.15) is 0 Å². The number of likely N-dealkylation sites (tertiary alicyclic amines) is 1. The van der Waals surface area contributed by atoms with E-state index in [1.165, 1.54) is 12.4 Å². The van der Waals surface area contributed by atoms with Gasteiger partial charge >= 0.3 is 6.09 Å². The van der Waals surface area contributed by atoms with Gasteiger partial charge in [0.2, 0.25) is 5.82 Å². The molecule has 9 nitrogen and oxygen atoms in total. The smallest absolute Gasteiger partial charge is 0.410 e. The van der Waals surface area contributed by atoms with Crippen molar-refractivity contribution < 1.29 is 19.1 Å². The molecule has 0 radical (unpaired) electrons. The highest BCUT2D eigenvalue weighted by atomic mass is 16.6. The van der Waals surface area contributed by atoms with Crippen molar-refractivity contribution in [2.45, 2.75) is 45.6 Å². The summed E-state index contributed by atoms with van der Waals surface area (Å²) < 4.78 is 11.5. The lowest BCUT2D eigenvalue weighted by Crippen LogP contribution is -2.41. The number of aliphatic imine (C=N–C) groups is 1. The zero-order valence-electron chi connectivity index (χ0n) is 20.6. The van der Waals surface area contributed by atoms with Crippen LogP contribution in [0.3, 0.4) is 0 Å². The van der Waals surface area contributed by atoms with Crippen molar-refractivity contribution in [2.24, 2.45) is 10.9 Å². The number of carbonyl (C=O) groups excluding carboxylic acids is 2. The summed E-state index contributed by atoms with van der Waals surface area (Å²) in [6, 6.07) is 5.17. The van der Waals surface area contributed by atoms with E-state index in [4.69, 9.17) is 9.47 Å². The first-order chi connectivity index (χ1) is 16.7. The van der Waals surface area contributed by atoms with Crippen LogP contribution in [0.25, 0.3) is 6.08 Å². The number of carbonyl (C=O) groups is 2. The van der Waals surface area contributed by atoms with E-state index < -0.39 is 11.5 Å². The maximum atomic E-state index is 12.6. The third-order valence-electron chi connectivity index (χ3n) is 5.57. The van der Waals surface area contributed by atoms with Gasteiger partial charge in [0.1, 0.15) is 11.4 Å². The van der Waals surface area contributed by atoms with E-state index in [1.807, 2.05) is 26.8 Å². The fourth-order valence-corrected chi connectivity index (χ4v) is 3.81. The zero-order chi connectivity index (χ0) is 25.4. The molecule has 0 atom stereocenters. The van der Waals surface area contributed by atoms with Crippen LogP contribution in [-0.4, -0.2) is 58.9 Å². The third kappa shape index (κ3) is 7.37. The molecule has 0 aliphatic carbocycles. The maximum absolute atomic E-state index is 12.6. The molecule has 1 aromatic heterocycles. The fourth-order valence-electron chi connectivity index (χ4n) is 3.81. The first kappa shape index (κ1) is 25.9. The highest BCUT2D eigenvalue weighted by Gasteiger charge is 2.26. The quantitative estimate of drug-likeness (QED) is 0.527. The van der Waals surface area contributed by atoms with Gasteiger partial charge in [0.25, 0.3) is 5.91 Å². The number of hydrogen-bond acceptors (Lipinski definition) is 7. The lowest BCUT2D eigenvalue weighted by molar-refractivity contribution is 0.0177. The van der Waals surface area contributed by atoms with E-state index in [0.717, 1.165) is 19.3 Å². The lowest BCUT2D eigenvalue weighted by Gasteiger charge is -2.33. The first-order valence-corrected chi connectivity index (χ1v) is 11.7. The molecule has 1 aliphatic heterocycles. The molecule has 1 aliphatic rings. The van der Waals surface area contributed by atoms with Crippen molar-refractivity contribution in [3.8, 4) is 5.75 Å². The summed E-state index contributed by atoms with van der Waals surface area (Å²) in [4.78, 5) is 38.6. The monoisotopic (exact) mass is 479 g/mol. The van der Waals surface area contributed by atoms with Crippen molar-refractivity contribution in [1.82, 2.24) is 14.9 Å². The Hall–Kier alpha value is -3.75. The van der Waals surface area contributed by atoms with E-state index in [-0.39, 0.29) is 11.9 Å². The lowest BCUT2D eigenvalue weighted by atomic mass is 9.94. The van der Waals surface area contributed by atoms with Crippen LogP contribution >= 0.6 is 0 Å². The van der Waals surface area contributed by atoms with E-state index in [9.17, 15) is 9.59 Å². The second kappa shape index (κ2) is 11.6. The molecule has 1 fully saturated rings. The highest BCUT2D eigenvalue weighted by Crippen LogP contribution is 2.35. The average molecular weight is 480 g/mol. The van der Waals surface area contributed by atoms with E-state index in [0.29, 0.717) is 48.3 Å². The summed E-state index contributed by atoms with van der Waals surface area (Å²) in [6.07, 6.45) is 7.04. The SMILES string of the molecule is C=Cc1cc(OCCC2CCN(C(=O)OC(C)(C)C)CC2)cc(NC(=O)c2ncccn2)c1N=C. The van der Waals surface area contributed by atoms with Gasteiger partial charge in [-0.1, -0.05) is 12.7 Å². The number of nitrogens with zero attached hydrogens (tertiary/aromatic N) is 4. The molecule has 3 rings (SSSR count). The minimum absolute atomic E-state index is 0.0479. The topological polar surface area (TPSA) is 106 Å². The molecular formula is C26H33N5O4. The molecule has 0 spiro atoms. The van der Waals surface area contributed by atoms with Gasteiger partial charge in [0, 0.05) is 37.1 Å². The first-order valence-electron chi connectivity index (χ1n) is 11.7. The van der Waals surface area contributed by atoms with Crippen molar-refractivity contribution in [3.05, 3.63) is 48.6 Å². The van der Waals surface area contributed by atoms with Crippen LogP contribution in [0.2, 0.25) is 0 Å². The van der Waals surface area contributed by atoms with Gasteiger partial charge in [0.05, 0.1) is 18.0 Å². The van der Waals surface area contributed by atoms with Crippen molar-refractivity contribution >= 4 is 36.2 Å². The highest BCUT2D eigenvalue weighted by molar-refractivity contribution is 6.04. The fraction of sp³-hybridized carbons (Fsp3) is 0.423. The van der Waals surface area contributed by atoms with Gasteiger partial charge in [-0.05, 0) is 64.8 Å². The van der Waals surface area contributed by atoms with Crippen LogP contribution in [0.1, 0.15) is 56.2 Å². The summed E-state index contributed by atoms with van der Waals surface area (Å²) in [7, 11) is 0. The Bertz CT molecular complexity index is 1060. The van der Waals surface area contributed by atoms with Gasteiger partial charge in [-0.25, -0.2) is 14.8 Å². The summed E-state index contributed by atoms with van der Waals surface area (Å²) >= 11 is 0. The molecule has 0 unspecified atom stereocenters. The Morgan fingerprint density at radius 2 is 1.91 bits per heavy atom. The van der Waals surface area contributed by atoms with Crippen LogP contribution in [0, 0.1) is 5.92 Å². The van der Waals surface area contributed by atoms with Crippen LogP contribution < -0.4 is 10.1 Å². The standard InChI is InChI=1S/C26H33N5O4/c1-6-19-16-20(17-21(22(19)27-5)30-24(32)23-28-11-7-12-29-23)34-15-10-18-8-13-31(14-9-18)25(33)35-26(2,3)4/h6-7,11-12,16-18H,1,5,8-10,13-15H2,2-4H3,(H,30,32). The Balaban J connectivity index is 1.58. The minimum atomic E-state index is -0.491. The molecule has 1 N–H and O–H groups in total. The molecule has 2 heterocycles. The van der Waals surface area contributed by atoms with Crippen LogP contribution in [0.5, 0.6) is 5.75 Å². The molecule has 9 heteroatoms. The molecule has 1 saturated heterocycles. The molecule has 2 amide bonds. The Morgan fingerprint density at radius 1 is 1.23 bits per heavy atom. The Labute approximate surface area is 206 Å². The number of hydrogen-bond donors (Lipinski definition) is 1. The van der Waals surface area contributed by atoms with E-state index >= 15 is 0 Å². The number of nitrogens with one attached hydrogen (secondary N) is 1. The van der Waals surface area contributed by atoms with E-state index in [1.54, 1.807) is 23.1 Å². The van der Waals surface area contributed by atoms with Crippen molar-refractivity contribution in [2.75, 3.05) is 25.0 Å². The number of rotatable bonds is 8. The predicted molar refractivity (Wildman–Crippen MR) is 136 cm³/mol. The second-order valence-electron chi connectivity index (χ2n) is 9.35. The summed E-state index contributed by atoms with van der Waals surface area (Å²) in [5.41, 5.74) is 1.13. The summed E-state index contributed by atoms with van der Waals surface area (Å²) in [6.45, 7) is 14.9. The number of benzene rings is 1. The number of anilines is 1. The van der Waals surface area contributed by atoms with Crippen LogP contribution in [0.15, 0.2) is 42.2 Å². The molecule has 0 saturated carbocycles. The van der Waals surface area contributed by atoms with Gasteiger partial charge in [0.15, 0.2) is 0 Å². The minimum Gasteiger partial charge on any atom is -0.493 e. The normalized spacial score (nSPS) is 14.2. The largest absolute Gasteiger partial charge is 0.493 e. The molecule has 35 heavy (non-hydrogen) atoms. The Morgan fingerprint density at radius 3 is 2.51 bits per heavy atom.